The van der Waals surface area contributed by atoms with Gasteiger partial charge in [0.15, 0.2) is 0 Å². The van der Waals surface area contributed by atoms with Gasteiger partial charge in [-0.25, -0.2) is 0 Å². The fraction of sp³-hybridized carbons (Fsp3) is 0.214. The maximum Gasteiger partial charge on any atom is 0.106 e. The highest BCUT2D eigenvalue weighted by Crippen LogP contribution is 2.48. The summed E-state index contributed by atoms with van der Waals surface area (Å²) in [6.45, 7) is 7.35. The molecule has 0 spiro atoms. The predicted octanol–water partition coefficient (Wildman–Crippen LogP) is 7.73. The van der Waals surface area contributed by atoms with E-state index in [4.69, 9.17) is 4.18 Å². The minimum absolute atomic E-state index is 0.675. The number of hydrogen-bond acceptors (Lipinski definition) is 3. The van der Waals surface area contributed by atoms with Crippen molar-refractivity contribution in [3.63, 3.8) is 0 Å². The SMILES string of the molecule is CC(C)(O)C(C)(C)OSc1cccc(-c2ccc3c(c2)-c2cccc4cccc-3c24)c1. The Labute approximate surface area is 188 Å². The first-order valence-electron chi connectivity index (χ1n) is 10.6. The van der Waals surface area contributed by atoms with Crippen LogP contribution in [0.5, 0.6) is 0 Å². The van der Waals surface area contributed by atoms with Gasteiger partial charge in [0.25, 0.3) is 0 Å². The summed E-state index contributed by atoms with van der Waals surface area (Å²) in [6.07, 6.45) is 0. The van der Waals surface area contributed by atoms with E-state index >= 15 is 0 Å². The van der Waals surface area contributed by atoms with Crippen LogP contribution in [0.15, 0.2) is 83.8 Å². The van der Waals surface area contributed by atoms with Crippen LogP contribution in [0.2, 0.25) is 0 Å². The Balaban J connectivity index is 1.49. The van der Waals surface area contributed by atoms with E-state index in [1.165, 1.54) is 50.6 Å². The van der Waals surface area contributed by atoms with Gasteiger partial charge in [0.05, 0.1) is 5.60 Å². The molecule has 156 valence electrons. The Hall–Kier alpha value is -2.59. The lowest BCUT2D eigenvalue weighted by molar-refractivity contribution is -0.0813. The molecule has 0 unspecified atom stereocenters. The second-order valence-corrected chi connectivity index (χ2v) is 10.0. The normalized spacial score (nSPS) is 12.9. The molecule has 0 amide bonds. The summed E-state index contributed by atoms with van der Waals surface area (Å²) in [5, 5.41) is 13.0. The molecule has 0 saturated heterocycles. The average molecular weight is 427 g/mol. The zero-order chi connectivity index (χ0) is 21.8. The van der Waals surface area contributed by atoms with E-state index in [9.17, 15) is 5.11 Å². The average Bonchev–Trinajstić information content (AvgIpc) is 3.07. The van der Waals surface area contributed by atoms with Crippen molar-refractivity contribution >= 4 is 22.8 Å². The molecule has 2 nitrogen and oxygen atoms in total. The summed E-state index contributed by atoms with van der Waals surface area (Å²) < 4.78 is 5.99. The van der Waals surface area contributed by atoms with Crippen molar-refractivity contribution in [2.45, 2.75) is 43.8 Å². The maximum atomic E-state index is 10.3. The van der Waals surface area contributed by atoms with E-state index in [1.54, 1.807) is 13.8 Å². The zero-order valence-electron chi connectivity index (χ0n) is 18.3. The fourth-order valence-corrected chi connectivity index (χ4v) is 4.77. The lowest BCUT2D eigenvalue weighted by Gasteiger charge is -2.35. The smallest absolute Gasteiger partial charge is 0.106 e. The monoisotopic (exact) mass is 426 g/mol. The first kappa shape index (κ1) is 20.3. The second kappa shape index (κ2) is 7.23. The Morgan fingerprint density at radius 2 is 1.32 bits per heavy atom. The maximum absolute atomic E-state index is 10.3. The lowest BCUT2D eigenvalue weighted by atomic mass is 9.90. The van der Waals surface area contributed by atoms with E-state index in [0.29, 0.717) is 0 Å². The molecule has 0 bridgehead atoms. The first-order valence-corrected chi connectivity index (χ1v) is 11.3. The molecular weight excluding hydrogens is 400 g/mol. The summed E-state index contributed by atoms with van der Waals surface area (Å²) in [5.41, 5.74) is 5.96. The molecule has 0 aliphatic heterocycles. The van der Waals surface area contributed by atoms with Crippen LogP contribution in [0.1, 0.15) is 27.7 Å². The van der Waals surface area contributed by atoms with Crippen molar-refractivity contribution in [2.75, 3.05) is 0 Å². The summed E-state index contributed by atoms with van der Waals surface area (Å²) in [7, 11) is 0. The summed E-state index contributed by atoms with van der Waals surface area (Å²) in [6, 6.07) is 28.2. The number of rotatable bonds is 5. The van der Waals surface area contributed by atoms with Gasteiger partial charge in [-0.3, -0.25) is 0 Å². The van der Waals surface area contributed by atoms with Gasteiger partial charge in [-0.15, -0.1) is 0 Å². The third kappa shape index (κ3) is 3.47. The molecule has 0 aromatic heterocycles. The van der Waals surface area contributed by atoms with Crippen molar-refractivity contribution in [1.82, 2.24) is 0 Å². The van der Waals surface area contributed by atoms with Gasteiger partial charge < -0.3 is 9.29 Å². The zero-order valence-corrected chi connectivity index (χ0v) is 19.1. The molecule has 0 saturated carbocycles. The Bertz CT molecular complexity index is 1290. The van der Waals surface area contributed by atoms with Gasteiger partial charge in [0, 0.05) is 16.9 Å². The largest absolute Gasteiger partial charge is 0.387 e. The van der Waals surface area contributed by atoms with Crippen LogP contribution in [0, 0.1) is 0 Å². The first-order chi connectivity index (χ1) is 14.7. The molecule has 0 atom stereocenters. The molecular formula is C28H26O2S. The number of hydrogen-bond donors (Lipinski definition) is 1. The number of benzene rings is 4. The van der Waals surface area contributed by atoms with Crippen molar-refractivity contribution in [3.05, 3.63) is 78.9 Å². The van der Waals surface area contributed by atoms with Crippen LogP contribution in [-0.4, -0.2) is 16.3 Å². The molecule has 0 heterocycles. The van der Waals surface area contributed by atoms with E-state index in [0.717, 1.165) is 10.5 Å². The highest BCUT2D eigenvalue weighted by Gasteiger charge is 2.37. The molecule has 0 radical (unpaired) electrons. The van der Waals surface area contributed by atoms with Crippen LogP contribution < -0.4 is 0 Å². The topological polar surface area (TPSA) is 29.5 Å². The van der Waals surface area contributed by atoms with Crippen molar-refractivity contribution in [1.29, 1.82) is 0 Å². The molecule has 0 fully saturated rings. The van der Waals surface area contributed by atoms with E-state index in [1.807, 2.05) is 19.9 Å². The van der Waals surface area contributed by atoms with Crippen molar-refractivity contribution in [2.24, 2.45) is 0 Å². The molecule has 3 heteroatoms. The van der Waals surface area contributed by atoms with Crippen molar-refractivity contribution < 1.29 is 9.29 Å². The predicted molar refractivity (Wildman–Crippen MR) is 131 cm³/mol. The molecule has 4 aromatic carbocycles. The third-order valence-electron chi connectivity index (χ3n) is 6.49. The van der Waals surface area contributed by atoms with Gasteiger partial charge >= 0.3 is 0 Å². The summed E-state index contributed by atoms with van der Waals surface area (Å²) in [5.74, 6) is 0. The van der Waals surface area contributed by atoms with Gasteiger partial charge in [0.2, 0.25) is 0 Å². The fourth-order valence-electron chi connectivity index (χ4n) is 3.95. The standard InChI is InChI=1S/C28H26O2S/c1-27(2,29)28(3,4)30-31-21-11-5-10-19(16-21)20-14-15-22-23-12-6-8-18-9-7-13-24(26(18)23)25(22)17-20/h5-17,29H,1-4H3. The summed E-state index contributed by atoms with van der Waals surface area (Å²) >= 11 is 1.31. The Morgan fingerprint density at radius 1 is 0.677 bits per heavy atom. The molecule has 4 aromatic rings. The minimum Gasteiger partial charge on any atom is -0.387 e. The number of fused-ring (bicyclic) bond motifs is 3. The Kier molecular flexibility index (Phi) is 4.74. The molecule has 5 rings (SSSR count). The molecule has 31 heavy (non-hydrogen) atoms. The van der Waals surface area contributed by atoms with E-state index < -0.39 is 11.2 Å². The van der Waals surface area contributed by atoms with Gasteiger partial charge in [-0.1, -0.05) is 60.7 Å². The minimum atomic E-state index is -0.937. The lowest BCUT2D eigenvalue weighted by Crippen LogP contribution is -2.45. The van der Waals surface area contributed by atoms with Crippen LogP contribution >= 0.6 is 12.0 Å². The van der Waals surface area contributed by atoms with Gasteiger partial charge in [0.1, 0.15) is 5.60 Å². The molecule has 1 aliphatic rings. The van der Waals surface area contributed by atoms with Crippen molar-refractivity contribution in [3.8, 4) is 33.4 Å². The van der Waals surface area contributed by atoms with Crippen LogP contribution in [-0.2, 0) is 4.18 Å². The second-order valence-electron chi connectivity index (χ2n) is 9.23. The highest BCUT2D eigenvalue weighted by molar-refractivity contribution is 7.94. The van der Waals surface area contributed by atoms with Crippen LogP contribution in [0.4, 0.5) is 0 Å². The summed E-state index contributed by atoms with van der Waals surface area (Å²) in [4.78, 5) is 1.01. The van der Waals surface area contributed by atoms with Crippen LogP contribution in [0.25, 0.3) is 44.2 Å². The highest BCUT2D eigenvalue weighted by atomic mass is 32.2. The van der Waals surface area contributed by atoms with Gasteiger partial charge in [-0.2, -0.15) is 0 Å². The number of aliphatic hydroxyl groups is 1. The van der Waals surface area contributed by atoms with E-state index in [2.05, 4.69) is 72.8 Å². The Morgan fingerprint density at radius 3 is 2.03 bits per heavy atom. The van der Waals surface area contributed by atoms with Crippen LogP contribution in [0.3, 0.4) is 0 Å². The van der Waals surface area contributed by atoms with Gasteiger partial charge in [-0.05, 0) is 90.0 Å². The molecule has 1 aliphatic carbocycles. The third-order valence-corrected chi connectivity index (χ3v) is 7.44. The molecule has 1 N–H and O–H groups in total. The quantitative estimate of drug-likeness (QED) is 0.292. The van der Waals surface area contributed by atoms with E-state index in [-0.39, 0.29) is 0 Å².